The normalized spacial score (nSPS) is 25.3. The minimum Gasteiger partial charge on any atom is -0.355 e. The van der Waals surface area contributed by atoms with Crippen molar-refractivity contribution in [1.29, 1.82) is 0 Å². The first-order valence-electron chi connectivity index (χ1n) is 9.27. The summed E-state index contributed by atoms with van der Waals surface area (Å²) in [4.78, 5) is 7.23. The van der Waals surface area contributed by atoms with Gasteiger partial charge >= 0.3 is 0 Å². The first-order valence-corrected chi connectivity index (χ1v) is 10.4. The Morgan fingerprint density at radius 1 is 1.17 bits per heavy atom. The molecule has 0 amide bonds. The van der Waals surface area contributed by atoms with E-state index in [1.165, 1.54) is 56.7 Å². The van der Waals surface area contributed by atoms with Gasteiger partial charge in [0.05, 0.1) is 0 Å². The number of hydrogen-bond donors (Lipinski definition) is 2. The number of thioether (sulfide) groups is 1. The van der Waals surface area contributed by atoms with Gasteiger partial charge in [-0.25, -0.2) is 0 Å². The SMILES string of the molecule is CN=C(NCC1(N2CCSCC2)CCCCC1)NC1CC=CC1.I. The van der Waals surface area contributed by atoms with E-state index in [2.05, 4.69) is 44.4 Å². The summed E-state index contributed by atoms with van der Waals surface area (Å²) in [7, 11) is 1.89. The summed E-state index contributed by atoms with van der Waals surface area (Å²) in [5.74, 6) is 3.57. The van der Waals surface area contributed by atoms with Crippen molar-refractivity contribution in [3.05, 3.63) is 12.2 Å². The molecule has 24 heavy (non-hydrogen) atoms. The fourth-order valence-corrected chi connectivity index (χ4v) is 5.13. The number of hydrogen-bond acceptors (Lipinski definition) is 3. The molecule has 2 fully saturated rings. The molecule has 1 heterocycles. The molecular weight excluding hydrogens is 431 g/mol. The van der Waals surface area contributed by atoms with E-state index < -0.39 is 0 Å². The summed E-state index contributed by atoms with van der Waals surface area (Å²) in [5, 5.41) is 7.25. The molecule has 0 atom stereocenters. The molecule has 0 spiro atoms. The fraction of sp³-hybridized carbons (Fsp3) is 0.833. The molecule has 0 aromatic rings. The van der Waals surface area contributed by atoms with Crippen molar-refractivity contribution in [1.82, 2.24) is 15.5 Å². The molecule has 1 saturated carbocycles. The monoisotopic (exact) mass is 464 g/mol. The number of rotatable bonds is 4. The topological polar surface area (TPSA) is 39.7 Å². The number of halogens is 1. The first kappa shape index (κ1) is 20.4. The first-order chi connectivity index (χ1) is 11.3. The second kappa shape index (κ2) is 10.3. The molecule has 4 nitrogen and oxygen atoms in total. The molecule has 138 valence electrons. The van der Waals surface area contributed by atoms with Gasteiger partial charge in [-0.15, -0.1) is 24.0 Å². The van der Waals surface area contributed by atoms with Crippen molar-refractivity contribution in [3.63, 3.8) is 0 Å². The van der Waals surface area contributed by atoms with Crippen LogP contribution in [0.4, 0.5) is 0 Å². The summed E-state index contributed by atoms with van der Waals surface area (Å²) < 4.78 is 0. The van der Waals surface area contributed by atoms with E-state index in [9.17, 15) is 0 Å². The molecule has 0 unspecified atom stereocenters. The van der Waals surface area contributed by atoms with Crippen molar-refractivity contribution >= 4 is 41.7 Å². The highest BCUT2D eigenvalue weighted by Gasteiger charge is 2.38. The highest BCUT2D eigenvalue weighted by atomic mass is 127. The fourth-order valence-electron chi connectivity index (χ4n) is 4.22. The van der Waals surface area contributed by atoms with E-state index in [0.29, 0.717) is 11.6 Å². The number of nitrogens with one attached hydrogen (secondary N) is 2. The molecule has 2 aliphatic carbocycles. The van der Waals surface area contributed by atoms with Gasteiger partial charge in [0, 0.05) is 49.8 Å². The maximum absolute atomic E-state index is 4.46. The second-order valence-corrected chi connectivity index (χ2v) is 8.32. The highest BCUT2D eigenvalue weighted by molar-refractivity contribution is 14.0. The highest BCUT2D eigenvalue weighted by Crippen LogP contribution is 2.34. The molecule has 0 bridgehead atoms. The Balaban J connectivity index is 0.00000208. The maximum Gasteiger partial charge on any atom is 0.191 e. The van der Waals surface area contributed by atoms with Crippen LogP contribution in [-0.4, -0.2) is 60.6 Å². The third kappa shape index (κ3) is 5.27. The summed E-state index contributed by atoms with van der Waals surface area (Å²) in [6.07, 6.45) is 13.6. The summed E-state index contributed by atoms with van der Waals surface area (Å²) in [6, 6.07) is 0.523. The van der Waals surface area contributed by atoms with Crippen molar-refractivity contribution < 1.29 is 0 Å². The van der Waals surface area contributed by atoms with Gasteiger partial charge < -0.3 is 10.6 Å². The molecule has 0 aromatic heterocycles. The van der Waals surface area contributed by atoms with E-state index in [-0.39, 0.29) is 24.0 Å². The van der Waals surface area contributed by atoms with Gasteiger partial charge in [0.25, 0.3) is 0 Å². The zero-order chi connectivity index (χ0) is 16.0. The van der Waals surface area contributed by atoms with Crippen LogP contribution in [0.5, 0.6) is 0 Å². The summed E-state index contributed by atoms with van der Waals surface area (Å²) >= 11 is 2.11. The molecule has 6 heteroatoms. The third-order valence-electron chi connectivity index (χ3n) is 5.62. The lowest BCUT2D eigenvalue weighted by molar-refractivity contribution is 0.0625. The van der Waals surface area contributed by atoms with Crippen LogP contribution in [0.25, 0.3) is 0 Å². The van der Waals surface area contributed by atoms with Crippen molar-refractivity contribution in [2.75, 3.05) is 38.2 Å². The van der Waals surface area contributed by atoms with Crippen LogP contribution in [0.2, 0.25) is 0 Å². The van der Waals surface area contributed by atoms with Gasteiger partial charge in [-0.05, 0) is 25.7 Å². The Morgan fingerprint density at radius 2 is 1.83 bits per heavy atom. The van der Waals surface area contributed by atoms with Gasteiger partial charge in [-0.2, -0.15) is 11.8 Å². The molecule has 1 aliphatic heterocycles. The van der Waals surface area contributed by atoms with Crippen LogP contribution in [0.1, 0.15) is 44.9 Å². The minimum atomic E-state index is 0. The average molecular weight is 464 g/mol. The van der Waals surface area contributed by atoms with Crippen molar-refractivity contribution in [2.24, 2.45) is 4.99 Å². The Kier molecular flexibility index (Phi) is 8.71. The molecule has 2 N–H and O–H groups in total. The van der Waals surface area contributed by atoms with Crippen LogP contribution in [-0.2, 0) is 0 Å². The van der Waals surface area contributed by atoms with E-state index in [0.717, 1.165) is 25.3 Å². The van der Waals surface area contributed by atoms with Crippen LogP contribution < -0.4 is 10.6 Å². The lowest BCUT2D eigenvalue weighted by Gasteiger charge is -2.48. The van der Waals surface area contributed by atoms with Gasteiger partial charge in [0.2, 0.25) is 0 Å². The van der Waals surface area contributed by atoms with Gasteiger partial charge in [0.15, 0.2) is 5.96 Å². The molecular formula is C18H33IN4S. The average Bonchev–Trinajstić information content (AvgIpc) is 3.13. The summed E-state index contributed by atoms with van der Waals surface area (Å²) in [5.41, 5.74) is 0.352. The molecule has 3 aliphatic rings. The largest absolute Gasteiger partial charge is 0.355 e. The predicted octanol–water partition coefficient (Wildman–Crippen LogP) is 3.24. The van der Waals surface area contributed by atoms with Crippen LogP contribution in [0, 0.1) is 0 Å². The van der Waals surface area contributed by atoms with E-state index in [1.807, 2.05) is 7.05 Å². The third-order valence-corrected chi connectivity index (χ3v) is 6.57. The maximum atomic E-state index is 4.46. The number of aliphatic imine (C=N–C) groups is 1. The predicted molar refractivity (Wildman–Crippen MR) is 117 cm³/mol. The van der Waals surface area contributed by atoms with E-state index in [1.54, 1.807) is 0 Å². The second-order valence-electron chi connectivity index (χ2n) is 7.09. The summed E-state index contributed by atoms with van der Waals surface area (Å²) in [6.45, 7) is 3.55. The van der Waals surface area contributed by atoms with Crippen LogP contribution in [0.15, 0.2) is 17.1 Å². The van der Waals surface area contributed by atoms with Crippen LogP contribution >= 0.6 is 35.7 Å². The van der Waals surface area contributed by atoms with Crippen molar-refractivity contribution in [2.45, 2.75) is 56.5 Å². The van der Waals surface area contributed by atoms with Gasteiger partial charge in [0.1, 0.15) is 0 Å². The van der Waals surface area contributed by atoms with E-state index >= 15 is 0 Å². The minimum absolute atomic E-state index is 0. The van der Waals surface area contributed by atoms with Gasteiger partial charge in [-0.3, -0.25) is 9.89 Å². The Labute approximate surface area is 168 Å². The standard InChI is InChI=1S/C18H32N4S.HI/c1-19-17(21-16-7-3-4-8-16)20-15-18(9-5-2-6-10-18)22-11-13-23-14-12-22;/h3-4,16H,2,5-15H2,1H3,(H2,19,20,21);1H. The van der Waals surface area contributed by atoms with Gasteiger partial charge in [-0.1, -0.05) is 31.4 Å². The molecule has 0 radical (unpaired) electrons. The molecule has 0 aromatic carbocycles. The zero-order valence-electron chi connectivity index (χ0n) is 14.9. The van der Waals surface area contributed by atoms with E-state index in [4.69, 9.17) is 0 Å². The lowest BCUT2D eigenvalue weighted by atomic mass is 9.80. The molecule has 1 saturated heterocycles. The quantitative estimate of drug-likeness (QED) is 0.290. The smallest absolute Gasteiger partial charge is 0.191 e. The zero-order valence-corrected chi connectivity index (χ0v) is 18.1. The van der Waals surface area contributed by atoms with Crippen molar-refractivity contribution in [3.8, 4) is 0 Å². The molecule has 3 rings (SSSR count). The number of nitrogens with zero attached hydrogens (tertiary/aromatic N) is 2. The Bertz CT molecular complexity index is 421. The van der Waals surface area contributed by atoms with Crippen LogP contribution in [0.3, 0.4) is 0 Å². The lowest BCUT2D eigenvalue weighted by Crippen LogP contribution is -2.60. The number of guanidine groups is 1. The Morgan fingerprint density at radius 3 is 2.46 bits per heavy atom. The Hall–Kier alpha value is 0.0500.